The summed E-state index contributed by atoms with van der Waals surface area (Å²) in [4.78, 5) is 11.3. The Morgan fingerprint density at radius 2 is 1.62 bits per heavy atom. The number of nitrogens with one attached hydrogen (secondary N) is 1. The topological polar surface area (TPSA) is 49.3 Å². The molecule has 0 aliphatic heterocycles. The summed E-state index contributed by atoms with van der Waals surface area (Å²) in [5, 5.41) is 12.4. The minimum Gasteiger partial charge on any atom is -0.480 e. The third-order valence-electron chi connectivity index (χ3n) is 3.79. The van der Waals surface area contributed by atoms with Crippen LogP contribution in [0.1, 0.15) is 63.9 Å². The minimum atomic E-state index is -0.762. The van der Waals surface area contributed by atoms with E-state index in [2.05, 4.69) is 12.2 Å². The van der Waals surface area contributed by atoms with Crippen molar-refractivity contribution in [2.45, 2.75) is 71.3 Å². The van der Waals surface area contributed by atoms with Gasteiger partial charge in [0, 0.05) is 5.69 Å². The van der Waals surface area contributed by atoms with Crippen LogP contribution in [0.25, 0.3) is 0 Å². The molecule has 0 saturated heterocycles. The van der Waals surface area contributed by atoms with Crippen LogP contribution in [0.3, 0.4) is 0 Å². The Hall–Kier alpha value is -1.51. The molecule has 1 rings (SSSR count). The maximum Gasteiger partial charge on any atom is 0.326 e. The lowest BCUT2D eigenvalue weighted by Crippen LogP contribution is -2.29. The fraction of sp³-hybridized carbons (Fsp3) is 0.611. The molecule has 0 aliphatic rings. The molecule has 0 radical (unpaired) electrons. The van der Waals surface area contributed by atoms with E-state index in [-0.39, 0.29) is 0 Å². The zero-order valence-corrected chi connectivity index (χ0v) is 13.4. The zero-order chi connectivity index (χ0) is 15.5. The summed E-state index contributed by atoms with van der Waals surface area (Å²) in [6, 6.07) is 7.39. The van der Waals surface area contributed by atoms with Crippen LogP contribution >= 0.6 is 0 Å². The molecular formula is C18H29NO2. The molecule has 3 heteroatoms. The number of carboxylic acids is 1. The molecular weight excluding hydrogens is 262 g/mol. The van der Waals surface area contributed by atoms with Crippen LogP contribution in [0, 0.1) is 6.92 Å². The lowest BCUT2D eigenvalue weighted by atomic mass is 10.0. The predicted molar refractivity (Wildman–Crippen MR) is 88.8 cm³/mol. The van der Waals surface area contributed by atoms with Crippen LogP contribution in [0.2, 0.25) is 0 Å². The average Bonchev–Trinajstić information content (AvgIpc) is 2.47. The van der Waals surface area contributed by atoms with Gasteiger partial charge in [0.15, 0.2) is 0 Å². The highest BCUT2D eigenvalue weighted by Crippen LogP contribution is 2.15. The van der Waals surface area contributed by atoms with E-state index in [1.54, 1.807) is 0 Å². The molecule has 3 nitrogen and oxygen atoms in total. The fourth-order valence-corrected chi connectivity index (χ4v) is 2.41. The van der Waals surface area contributed by atoms with Gasteiger partial charge >= 0.3 is 5.97 Å². The van der Waals surface area contributed by atoms with Gasteiger partial charge in [-0.05, 0) is 25.5 Å². The Morgan fingerprint density at radius 1 is 1.05 bits per heavy atom. The number of hydrogen-bond donors (Lipinski definition) is 2. The van der Waals surface area contributed by atoms with Crippen LogP contribution in [0.5, 0.6) is 0 Å². The van der Waals surface area contributed by atoms with E-state index in [4.69, 9.17) is 0 Å². The van der Waals surface area contributed by atoms with Gasteiger partial charge in [0.1, 0.15) is 6.04 Å². The molecule has 0 spiro atoms. The van der Waals surface area contributed by atoms with Crippen LogP contribution in [0.4, 0.5) is 5.69 Å². The second-order valence-corrected chi connectivity index (χ2v) is 5.81. The molecule has 0 amide bonds. The number of aliphatic carboxylic acids is 1. The number of carbonyl (C=O) groups is 1. The van der Waals surface area contributed by atoms with Crippen molar-refractivity contribution >= 4 is 11.7 Å². The smallest absolute Gasteiger partial charge is 0.326 e. The Bertz CT molecular complexity index is 400. The van der Waals surface area contributed by atoms with Crippen molar-refractivity contribution in [2.24, 2.45) is 0 Å². The highest BCUT2D eigenvalue weighted by atomic mass is 16.4. The van der Waals surface area contributed by atoms with Gasteiger partial charge in [-0.1, -0.05) is 69.6 Å². The lowest BCUT2D eigenvalue weighted by Gasteiger charge is -2.15. The summed E-state index contributed by atoms with van der Waals surface area (Å²) in [7, 11) is 0. The van der Waals surface area contributed by atoms with Gasteiger partial charge in [0.2, 0.25) is 0 Å². The first-order valence-corrected chi connectivity index (χ1v) is 8.19. The van der Waals surface area contributed by atoms with E-state index in [1.807, 2.05) is 31.2 Å². The van der Waals surface area contributed by atoms with Crippen LogP contribution in [0.15, 0.2) is 24.3 Å². The van der Waals surface area contributed by atoms with Gasteiger partial charge in [0.05, 0.1) is 0 Å². The molecule has 0 saturated carbocycles. The number of unbranched alkanes of at least 4 members (excludes halogenated alkanes) is 6. The first kappa shape index (κ1) is 17.5. The molecule has 2 N–H and O–H groups in total. The largest absolute Gasteiger partial charge is 0.480 e. The Labute approximate surface area is 128 Å². The van der Waals surface area contributed by atoms with Crippen molar-refractivity contribution in [1.82, 2.24) is 0 Å². The molecule has 1 aromatic rings. The van der Waals surface area contributed by atoms with E-state index < -0.39 is 12.0 Å². The summed E-state index contributed by atoms with van der Waals surface area (Å²) in [6.45, 7) is 4.24. The van der Waals surface area contributed by atoms with Gasteiger partial charge in [0.25, 0.3) is 0 Å². The van der Waals surface area contributed by atoms with E-state index in [9.17, 15) is 9.90 Å². The molecule has 0 aliphatic carbocycles. The molecule has 21 heavy (non-hydrogen) atoms. The first-order chi connectivity index (χ1) is 10.1. The second-order valence-electron chi connectivity index (χ2n) is 5.81. The molecule has 1 atom stereocenters. The van der Waals surface area contributed by atoms with Crippen molar-refractivity contribution in [3.63, 3.8) is 0 Å². The number of rotatable bonds is 11. The van der Waals surface area contributed by atoms with Gasteiger partial charge in [-0.2, -0.15) is 0 Å². The van der Waals surface area contributed by atoms with E-state index >= 15 is 0 Å². The summed E-state index contributed by atoms with van der Waals surface area (Å²) < 4.78 is 0. The van der Waals surface area contributed by atoms with E-state index in [1.165, 1.54) is 37.7 Å². The number of benzene rings is 1. The Kier molecular flexibility index (Phi) is 8.56. The highest BCUT2D eigenvalue weighted by Gasteiger charge is 2.16. The Morgan fingerprint density at radius 3 is 2.19 bits per heavy atom. The minimum absolute atomic E-state index is 0.483. The average molecular weight is 291 g/mol. The van der Waals surface area contributed by atoms with Crippen LogP contribution in [-0.2, 0) is 4.79 Å². The maximum atomic E-state index is 11.3. The number of hydrogen-bond acceptors (Lipinski definition) is 2. The number of anilines is 1. The molecule has 0 fully saturated rings. The second kappa shape index (κ2) is 10.3. The van der Waals surface area contributed by atoms with Crippen molar-refractivity contribution in [1.29, 1.82) is 0 Å². The van der Waals surface area contributed by atoms with Crippen molar-refractivity contribution in [2.75, 3.05) is 5.32 Å². The van der Waals surface area contributed by atoms with E-state index in [0.29, 0.717) is 6.42 Å². The quantitative estimate of drug-likeness (QED) is 0.564. The highest BCUT2D eigenvalue weighted by molar-refractivity contribution is 5.77. The van der Waals surface area contributed by atoms with Crippen molar-refractivity contribution in [3.05, 3.63) is 29.8 Å². The summed E-state index contributed by atoms with van der Waals surface area (Å²) in [5.74, 6) is -0.762. The first-order valence-electron chi connectivity index (χ1n) is 8.19. The summed E-state index contributed by atoms with van der Waals surface area (Å²) in [6.07, 6.45) is 9.17. The van der Waals surface area contributed by atoms with Crippen molar-refractivity contribution in [3.8, 4) is 0 Å². The maximum absolute atomic E-state index is 11.3. The molecule has 0 aromatic heterocycles. The molecule has 118 valence electrons. The number of aryl methyl sites for hydroxylation is 1. The normalized spacial score (nSPS) is 12.1. The van der Waals surface area contributed by atoms with Gasteiger partial charge < -0.3 is 10.4 Å². The Balaban J connectivity index is 2.27. The van der Waals surface area contributed by atoms with Crippen molar-refractivity contribution < 1.29 is 9.90 Å². The fourth-order valence-electron chi connectivity index (χ4n) is 2.41. The van der Waals surface area contributed by atoms with E-state index in [0.717, 1.165) is 18.5 Å². The van der Waals surface area contributed by atoms with Gasteiger partial charge in [-0.3, -0.25) is 0 Å². The third-order valence-corrected chi connectivity index (χ3v) is 3.79. The summed E-state index contributed by atoms with van der Waals surface area (Å²) >= 11 is 0. The standard InChI is InChI=1S/C18H29NO2/c1-3-4-5-6-7-8-9-10-17(18(20)21)19-16-13-11-15(2)12-14-16/h11-14,17,19H,3-10H2,1-2H3,(H,20,21). The molecule has 0 heterocycles. The molecule has 0 bridgehead atoms. The van der Waals surface area contributed by atoms with Crippen LogP contribution < -0.4 is 5.32 Å². The van der Waals surface area contributed by atoms with Gasteiger partial charge in [-0.25, -0.2) is 4.79 Å². The SMILES string of the molecule is CCCCCCCCCC(Nc1ccc(C)cc1)C(=O)O. The zero-order valence-electron chi connectivity index (χ0n) is 13.4. The number of carboxylic acid groups (broad SMARTS) is 1. The molecule has 1 unspecified atom stereocenters. The summed E-state index contributed by atoms with van der Waals surface area (Å²) in [5.41, 5.74) is 2.07. The lowest BCUT2D eigenvalue weighted by molar-refractivity contribution is -0.138. The van der Waals surface area contributed by atoms with Crippen LogP contribution in [-0.4, -0.2) is 17.1 Å². The third kappa shape index (κ3) is 7.74. The monoisotopic (exact) mass is 291 g/mol. The van der Waals surface area contributed by atoms with Gasteiger partial charge in [-0.15, -0.1) is 0 Å². The predicted octanol–water partition coefficient (Wildman–Crippen LogP) is 5.00. The molecule has 1 aromatic carbocycles.